The van der Waals surface area contributed by atoms with E-state index in [9.17, 15) is 13.2 Å². The number of nitrogens with one attached hydrogen (secondary N) is 2. The number of hydrogen-bond acceptors (Lipinski definition) is 4. The third kappa shape index (κ3) is 5.68. The van der Waals surface area contributed by atoms with E-state index in [1.807, 2.05) is 0 Å². The zero-order valence-electron chi connectivity index (χ0n) is 13.2. The second-order valence-electron chi connectivity index (χ2n) is 6.08. The molecule has 0 bridgehead atoms. The quantitative estimate of drug-likeness (QED) is 0.742. The third-order valence-corrected chi connectivity index (χ3v) is 6.33. The fourth-order valence-electron chi connectivity index (χ4n) is 3.03. The van der Waals surface area contributed by atoms with Crippen LogP contribution in [0.3, 0.4) is 0 Å². The first-order valence-corrected chi connectivity index (χ1v) is 9.60. The van der Waals surface area contributed by atoms with E-state index in [1.165, 1.54) is 0 Å². The van der Waals surface area contributed by atoms with Crippen molar-refractivity contribution in [2.75, 3.05) is 25.4 Å². The Kier molecular flexibility index (Phi) is 8.10. The van der Waals surface area contributed by atoms with Gasteiger partial charge in [-0.1, -0.05) is 0 Å². The van der Waals surface area contributed by atoms with Crippen LogP contribution in [0.2, 0.25) is 0 Å². The molecule has 1 amide bonds. The molecule has 2 rings (SSSR count). The van der Waals surface area contributed by atoms with E-state index in [4.69, 9.17) is 0 Å². The van der Waals surface area contributed by atoms with E-state index in [0.717, 1.165) is 32.2 Å². The first kappa shape index (κ1) is 19.7. The van der Waals surface area contributed by atoms with Gasteiger partial charge in [-0.05, 0) is 45.6 Å². The van der Waals surface area contributed by atoms with Gasteiger partial charge in [0.1, 0.15) is 0 Å². The highest BCUT2D eigenvalue weighted by Gasteiger charge is 2.26. The van der Waals surface area contributed by atoms with Crippen LogP contribution >= 0.6 is 12.4 Å². The van der Waals surface area contributed by atoms with Crippen LogP contribution in [-0.2, 0) is 14.8 Å². The van der Waals surface area contributed by atoms with Gasteiger partial charge in [-0.15, -0.1) is 12.4 Å². The molecule has 2 aliphatic rings. The van der Waals surface area contributed by atoms with Crippen LogP contribution in [0.25, 0.3) is 0 Å². The van der Waals surface area contributed by atoms with E-state index < -0.39 is 10.0 Å². The lowest BCUT2D eigenvalue weighted by Gasteiger charge is -2.30. The van der Waals surface area contributed by atoms with Gasteiger partial charge < -0.3 is 10.6 Å². The fourth-order valence-corrected chi connectivity index (χ4v) is 4.61. The van der Waals surface area contributed by atoms with Crippen LogP contribution in [0.1, 0.15) is 45.4 Å². The number of carbonyl (C=O) groups excluding carboxylic acids is 1. The Labute approximate surface area is 139 Å². The normalized spacial score (nSPS) is 26.4. The second-order valence-corrected chi connectivity index (χ2v) is 8.17. The molecule has 0 spiro atoms. The smallest absolute Gasteiger partial charge is 0.220 e. The molecule has 0 aromatic rings. The van der Waals surface area contributed by atoms with Crippen molar-refractivity contribution >= 4 is 28.3 Å². The van der Waals surface area contributed by atoms with Crippen molar-refractivity contribution in [1.29, 1.82) is 0 Å². The molecule has 0 saturated carbocycles. The molecule has 2 aliphatic heterocycles. The summed E-state index contributed by atoms with van der Waals surface area (Å²) in [6.45, 7) is 4.35. The number of halogens is 1. The Morgan fingerprint density at radius 3 is 2.59 bits per heavy atom. The van der Waals surface area contributed by atoms with Gasteiger partial charge in [-0.25, -0.2) is 12.7 Å². The molecule has 130 valence electrons. The van der Waals surface area contributed by atoms with Crippen LogP contribution in [-0.4, -0.2) is 56.1 Å². The van der Waals surface area contributed by atoms with Crippen LogP contribution in [0.15, 0.2) is 0 Å². The van der Waals surface area contributed by atoms with Crippen molar-refractivity contribution in [1.82, 2.24) is 14.9 Å². The van der Waals surface area contributed by atoms with Crippen molar-refractivity contribution < 1.29 is 13.2 Å². The van der Waals surface area contributed by atoms with Crippen molar-refractivity contribution in [2.24, 2.45) is 0 Å². The van der Waals surface area contributed by atoms with E-state index in [2.05, 4.69) is 17.6 Å². The van der Waals surface area contributed by atoms with Crippen molar-refractivity contribution in [3.63, 3.8) is 0 Å². The zero-order chi connectivity index (χ0) is 15.3. The van der Waals surface area contributed by atoms with E-state index >= 15 is 0 Å². The maximum absolute atomic E-state index is 12.0. The minimum atomic E-state index is -3.16. The van der Waals surface area contributed by atoms with Crippen molar-refractivity contribution in [3.05, 3.63) is 0 Å². The number of piperidine rings is 1. The van der Waals surface area contributed by atoms with E-state index in [-0.39, 0.29) is 42.6 Å². The third-order valence-electron chi connectivity index (χ3n) is 4.37. The predicted octanol–water partition coefficient (Wildman–Crippen LogP) is 0.871. The fraction of sp³-hybridized carbons (Fsp3) is 0.929. The average molecular weight is 354 g/mol. The van der Waals surface area contributed by atoms with Crippen LogP contribution < -0.4 is 10.6 Å². The molecule has 6 nitrogen and oxygen atoms in total. The van der Waals surface area contributed by atoms with Crippen molar-refractivity contribution in [2.45, 2.75) is 57.5 Å². The topological polar surface area (TPSA) is 78.5 Å². The highest BCUT2D eigenvalue weighted by Crippen LogP contribution is 2.14. The van der Waals surface area contributed by atoms with Crippen molar-refractivity contribution in [3.8, 4) is 0 Å². The highest BCUT2D eigenvalue weighted by atomic mass is 35.5. The Morgan fingerprint density at radius 1 is 1.27 bits per heavy atom. The molecule has 2 unspecified atom stereocenters. The highest BCUT2D eigenvalue weighted by molar-refractivity contribution is 7.89. The molecule has 2 N–H and O–H groups in total. The minimum Gasteiger partial charge on any atom is -0.352 e. The molecule has 0 radical (unpaired) electrons. The maximum Gasteiger partial charge on any atom is 0.220 e. The predicted molar refractivity (Wildman–Crippen MR) is 89.7 cm³/mol. The number of carbonyl (C=O) groups is 1. The number of hydrogen-bond donors (Lipinski definition) is 2. The van der Waals surface area contributed by atoms with Gasteiger partial charge in [0.2, 0.25) is 15.9 Å². The molecule has 2 saturated heterocycles. The molecule has 2 atom stereocenters. The summed E-state index contributed by atoms with van der Waals surface area (Å²) in [6, 6.07) is 0.456. The molecular weight excluding hydrogens is 326 g/mol. The van der Waals surface area contributed by atoms with Gasteiger partial charge in [0, 0.05) is 31.6 Å². The number of nitrogens with zero attached hydrogens (tertiary/aromatic N) is 1. The first-order chi connectivity index (χ1) is 9.99. The van der Waals surface area contributed by atoms with Gasteiger partial charge in [-0.2, -0.15) is 0 Å². The Balaban J connectivity index is 0.00000242. The van der Waals surface area contributed by atoms with Crippen LogP contribution in [0, 0.1) is 0 Å². The lowest BCUT2D eigenvalue weighted by atomic mass is 10.00. The van der Waals surface area contributed by atoms with Crippen LogP contribution in [0.4, 0.5) is 0 Å². The monoisotopic (exact) mass is 353 g/mol. The zero-order valence-corrected chi connectivity index (χ0v) is 14.8. The van der Waals surface area contributed by atoms with Gasteiger partial charge in [0.15, 0.2) is 0 Å². The first-order valence-electron chi connectivity index (χ1n) is 7.99. The Bertz CT molecular complexity index is 452. The molecule has 8 heteroatoms. The summed E-state index contributed by atoms with van der Waals surface area (Å²) in [5.74, 6) is 0.0472. The average Bonchev–Trinajstić information content (AvgIpc) is 2.96. The summed E-state index contributed by atoms with van der Waals surface area (Å²) >= 11 is 0. The minimum absolute atomic E-state index is 0. The second kappa shape index (κ2) is 9.05. The molecular formula is C14H28ClN3O3S. The van der Waals surface area contributed by atoms with Gasteiger partial charge in [0.05, 0.1) is 5.75 Å². The summed E-state index contributed by atoms with van der Waals surface area (Å²) in [7, 11) is -3.16. The standard InChI is InChI=1S/C14H27N3O3S.ClH/c1-12-13(6-4-8-15-12)16-14(18)7-5-11-21(19,20)17-9-2-3-10-17;/h12-13,15H,2-11H2,1H3,(H,16,18);1H. The summed E-state index contributed by atoms with van der Waals surface area (Å²) in [5, 5.41) is 6.35. The molecule has 0 aliphatic carbocycles. The Morgan fingerprint density at radius 2 is 1.95 bits per heavy atom. The van der Waals surface area contributed by atoms with E-state index in [1.54, 1.807) is 4.31 Å². The lowest BCUT2D eigenvalue weighted by Crippen LogP contribution is -2.51. The number of sulfonamides is 1. The Hall–Kier alpha value is -0.370. The summed E-state index contributed by atoms with van der Waals surface area (Å²) in [6.07, 6.45) is 4.65. The SMILES string of the molecule is CC1NCCCC1NC(=O)CCCS(=O)(=O)N1CCCC1.Cl. The summed E-state index contributed by atoms with van der Waals surface area (Å²) in [5.41, 5.74) is 0. The van der Waals surface area contributed by atoms with Crippen LogP contribution in [0.5, 0.6) is 0 Å². The molecule has 0 aromatic carbocycles. The van der Waals surface area contributed by atoms with Gasteiger partial charge in [0.25, 0.3) is 0 Å². The molecule has 2 heterocycles. The molecule has 0 aromatic heterocycles. The maximum atomic E-state index is 12.0. The largest absolute Gasteiger partial charge is 0.352 e. The van der Waals surface area contributed by atoms with Gasteiger partial charge >= 0.3 is 0 Å². The summed E-state index contributed by atoms with van der Waals surface area (Å²) in [4.78, 5) is 11.9. The lowest BCUT2D eigenvalue weighted by molar-refractivity contribution is -0.122. The molecule has 2 fully saturated rings. The number of amides is 1. The number of rotatable bonds is 6. The summed E-state index contributed by atoms with van der Waals surface area (Å²) < 4.78 is 25.6. The van der Waals surface area contributed by atoms with E-state index in [0.29, 0.717) is 19.5 Å². The molecule has 22 heavy (non-hydrogen) atoms. The van der Waals surface area contributed by atoms with Gasteiger partial charge in [-0.3, -0.25) is 4.79 Å².